The van der Waals surface area contributed by atoms with Crippen LogP contribution in [0.25, 0.3) is 0 Å². The van der Waals surface area contributed by atoms with E-state index in [-0.39, 0.29) is 0 Å². The van der Waals surface area contributed by atoms with Crippen LogP contribution in [0, 0.1) is 0 Å². The van der Waals surface area contributed by atoms with E-state index in [1.807, 2.05) is 19.2 Å². The molecular formula is C14H22N2O. The van der Waals surface area contributed by atoms with Gasteiger partial charge >= 0.3 is 0 Å². The fourth-order valence-electron chi connectivity index (χ4n) is 2.53. The van der Waals surface area contributed by atoms with Crippen LogP contribution in [-0.2, 0) is 4.74 Å². The van der Waals surface area contributed by atoms with Crippen molar-refractivity contribution in [1.82, 2.24) is 4.90 Å². The molecule has 1 saturated heterocycles. The lowest BCUT2D eigenvalue weighted by molar-refractivity contribution is 0.0295. The van der Waals surface area contributed by atoms with Gasteiger partial charge in [0.25, 0.3) is 0 Å². The standard InChI is InChI=1S/C14H22N2O/c1-11(12-4-3-5-13(15)10-12)16-8-6-14(17-2)7-9-16/h3-5,10-11,14H,6-9,15H2,1-2H3. The Labute approximate surface area is 104 Å². The minimum atomic E-state index is 0.441. The number of ether oxygens (including phenoxy) is 1. The highest BCUT2D eigenvalue weighted by Gasteiger charge is 2.23. The third-order valence-electron chi connectivity index (χ3n) is 3.75. The Morgan fingerprint density at radius 3 is 2.65 bits per heavy atom. The van der Waals surface area contributed by atoms with E-state index in [9.17, 15) is 0 Å². The topological polar surface area (TPSA) is 38.5 Å². The van der Waals surface area contributed by atoms with Crippen molar-refractivity contribution in [2.75, 3.05) is 25.9 Å². The van der Waals surface area contributed by atoms with Gasteiger partial charge in [0, 0.05) is 31.9 Å². The number of methoxy groups -OCH3 is 1. The highest BCUT2D eigenvalue weighted by Crippen LogP contribution is 2.25. The Morgan fingerprint density at radius 2 is 2.06 bits per heavy atom. The van der Waals surface area contributed by atoms with Crippen LogP contribution >= 0.6 is 0 Å². The van der Waals surface area contributed by atoms with Crippen LogP contribution in [0.4, 0.5) is 5.69 Å². The smallest absolute Gasteiger partial charge is 0.0595 e. The van der Waals surface area contributed by atoms with Gasteiger partial charge in [-0.2, -0.15) is 0 Å². The second-order valence-corrected chi connectivity index (χ2v) is 4.82. The Bertz CT molecular complexity index is 359. The van der Waals surface area contributed by atoms with Crippen LogP contribution in [0.5, 0.6) is 0 Å². The second-order valence-electron chi connectivity index (χ2n) is 4.82. The van der Waals surface area contributed by atoms with Crippen molar-refractivity contribution < 1.29 is 4.74 Å². The van der Waals surface area contributed by atoms with E-state index in [1.165, 1.54) is 5.56 Å². The molecule has 0 aromatic heterocycles. The second kappa shape index (κ2) is 5.52. The Kier molecular flexibility index (Phi) is 4.02. The molecule has 1 aromatic rings. The number of anilines is 1. The molecular weight excluding hydrogens is 212 g/mol. The predicted molar refractivity (Wildman–Crippen MR) is 70.9 cm³/mol. The summed E-state index contributed by atoms with van der Waals surface area (Å²) < 4.78 is 5.40. The van der Waals surface area contributed by atoms with Crippen LogP contribution in [0.15, 0.2) is 24.3 Å². The Balaban J connectivity index is 1.99. The molecule has 1 unspecified atom stereocenters. The molecule has 0 amide bonds. The first-order valence-electron chi connectivity index (χ1n) is 6.33. The maximum absolute atomic E-state index is 5.83. The summed E-state index contributed by atoms with van der Waals surface area (Å²) in [5, 5.41) is 0. The fraction of sp³-hybridized carbons (Fsp3) is 0.571. The molecule has 0 radical (unpaired) electrons. The molecule has 1 heterocycles. The number of rotatable bonds is 3. The lowest BCUT2D eigenvalue weighted by Gasteiger charge is -2.35. The molecule has 94 valence electrons. The van der Waals surface area contributed by atoms with Gasteiger partial charge in [0.1, 0.15) is 0 Å². The summed E-state index contributed by atoms with van der Waals surface area (Å²) in [5.41, 5.74) is 7.99. The van der Waals surface area contributed by atoms with Crippen LogP contribution in [0.3, 0.4) is 0 Å². The quantitative estimate of drug-likeness (QED) is 0.816. The summed E-state index contributed by atoms with van der Waals surface area (Å²) in [6, 6.07) is 8.64. The lowest BCUT2D eigenvalue weighted by Crippen LogP contribution is -2.38. The minimum Gasteiger partial charge on any atom is -0.399 e. The molecule has 0 spiro atoms. The molecule has 2 rings (SSSR count). The third kappa shape index (κ3) is 2.99. The summed E-state index contributed by atoms with van der Waals surface area (Å²) in [4.78, 5) is 2.50. The molecule has 1 aliphatic heterocycles. The predicted octanol–water partition coefficient (Wildman–Crippen LogP) is 2.44. The number of nitrogens with two attached hydrogens (primary N) is 1. The zero-order valence-electron chi connectivity index (χ0n) is 10.7. The van der Waals surface area contributed by atoms with Crippen molar-refractivity contribution in [1.29, 1.82) is 0 Å². The minimum absolute atomic E-state index is 0.441. The number of nitrogens with zero attached hydrogens (tertiary/aromatic N) is 1. The van der Waals surface area contributed by atoms with Crippen molar-refractivity contribution in [3.63, 3.8) is 0 Å². The monoisotopic (exact) mass is 234 g/mol. The van der Waals surface area contributed by atoms with E-state index in [2.05, 4.69) is 24.0 Å². The number of nitrogen functional groups attached to an aromatic ring is 1. The van der Waals surface area contributed by atoms with Crippen molar-refractivity contribution in [2.45, 2.75) is 31.9 Å². The van der Waals surface area contributed by atoms with Gasteiger partial charge in [-0.25, -0.2) is 0 Å². The summed E-state index contributed by atoms with van der Waals surface area (Å²) in [7, 11) is 1.81. The first-order valence-corrected chi connectivity index (χ1v) is 6.33. The van der Waals surface area contributed by atoms with Crippen LogP contribution in [-0.4, -0.2) is 31.2 Å². The first kappa shape index (κ1) is 12.4. The highest BCUT2D eigenvalue weighted by molar-refractivity contribution is 5.41. The number of likely N-dealkylation sites (tertiary alicyclic amines) is 1. The number of benzene rings is 1. The van der Waals surface area contributed by atoms with E-state index in [4.69, 9.17) is 10.5 Å². The van der Waals surface area contributed by atoms with Crippen LogP contribution < -0.4 is 5.73 Å². The number of piperidine rings is 1. The first-order chi connectivity index (χ1) is 8.20. The molecule has 0 saturated carbocycles. The SMILES string of the molecule is COC1CCN(C(C)c2cccc(N)c2)CC1. The van der Waals surface area contributed by atoms with E-state index < -0.39 is 0 Å². The fourth-order valence-corrected chi connectivity index (χ4v) is 2.53. The zero-order valence-corrected chi connectivity index (χ0v) is 10.7. The molecule has 1 atom stereocenters. The van der Waals surface area contributed by atoms with E-state index in [0.717, 1.165) is 31.6 Å². The molecule has 17 heavy (non-hydrogen) atoms. The van der Waals surface area contributed by atoms with Gasteiger partial charge in [0.2, 0.25) is 0 Å². The lowest BCUT2D eigenvalue weighted by atomic mass is 10.0. The molecule has 1 aromatic carbocycles. The average Bonchev–Trinajstić information content (AvgIpc) is 2.38. The average molecular weight is 234 g/mol. The summed E-state index contributed by atoms with van der Waals surface area (Å²) in [6.45, 7) is 4.46. The summed E-state index contributed by atoms with van der Waals surface area (Å²) >= 11 is 0. The van der Waals surface area contributed by atoms with Crippen LogP contribution in [0.1, 0.15) is 31.4 Å². The van der Waals surface area contributed by atoms with Gasteiger partial charge in [-0.1, -0.05) is 12.1 Å². The number of hydrogen-bond acceptors (Lipinski definition) is 3. The molecule has 3 nitrogen and oxygen atoms in total. The third-order valence-corrected chi connectivity index (χ3v) is 3.75. The Hall–Kier alpha value is -1.06. The van der Waals surface area contributed by atoms with Gasteiger partial charge < -0.3 is 10.5 Å². The molecule has 0 aliphatic carbocycles. The van der Waals surface area contributed by atoms with E-state index in [1.54, 1.807) is 0 Å². The molecule has 0 bridgehead atoms. The normalized spacial score (nSPS) is 20.4. The molecule has 1 fully saturated rings. The molecule has 2 N–H and O–H groups in total. The molecule has 1 aliphatic rings. The van der Waals surface area contributed by atoms with Gasteiger partial charge in [-0.3, -0.25) is 4.90 Å². The van der Waals surface area contributed by atoms with Crippen molar-refractivity contribution in [3.8, 4) is 0 Å². The summed E-state index contributed by atoms with van der Waals surface area (Å²) in [6.07, 6.45) is 2.70. The maximum Gasteiger partial charge on any atom is 0.0595 e. The molecule has 3 heteroatoms. The largest absolute Gasteiger partial charge is 0.399 e. The van der Waals surface area contributed by atoms with Gasteiger partial charge in [0.15, 0.2) is 0 Å². The van der Waals surface area contributed by atoms with E-state index >= 15 is 0 Å². The van der Waals surface area contributed by atoms with Gasteiger partial charge in [-0.05, 0) is 37.5 Å². The van der Waals surface area contributed by atoms with Crippen molar-refractivity contribution >= 4 is 5.69 Å². The number of hydrogen-bond donors (Lipinski definition) is 1. The zero-order chi connectivity index (χ0) is 12.3. The maximum atomic E-state index is 5.83. The van der Waals surface area contributed by atoms with Gasteiger partial charge in [0.05, 0.1) is 6.10 Å². The van der Waals surface area contributed by atoms with Crippen molar-refractivity contribution in [2.24, 2.45) is 0 Å². The summed E-state index contributed by atoms with van der Waals surface area (Å²) in [5.74, 6) is 0. The van der Waals surface area contributed by atoms with Crippen LogP contribution in [0.2, 0.25) is 0 Å². The Morgan fingerprint density at radius 1 is 1.35 bits per heavy atom. The van der Waals surface area contributed by atoms with E-state index in [0.29, 0.717) is 12.1 Å². The van der Waals surface area contributed by atoms with Gasteiger partial charge in [-0.15, -0.1) is 0 Å². The van der Waals surface area contributed by atoms with Crippen molar-refractivity contribution in [3.05, 3.63) is 29.8 Å². The highest BCUT2D eigenvalue weighted by atomic mass is 16.5.